The van der Waals surface area contributed by atoms with Crippen molar-refractivity contribution in [2.75, 3.05) is 26.2 Å². The second kappa shape index (κ2) is 7.14. The molecule has 0 bridgehead atoms. The lowest BCUT2D eigenvalue weighted by Crippen LogP contribution is -2.52. The first-order valence-electron chi connectivity index (χ1n) is 8.71. The van der Waals surface area contributed by atoms with Gasteiger partial charge in [0, 0.05) is 45.2 Å². The Hall–Kier alpha value is -3.30. The van der Waals surface area contributed by atoms with E-state index in [4.69, 9.17) is 4.52 Å². The number of aromatic nitrogens is 3. The number of pyridine rings is 1. The van der Waals surface area contributed by atoms with E-state index in [2.05, 4.69) is 20.4 Å². The maximum atomic E-state index is 12.3. The van der Waals surface area contributed by atoms with Crippen LogP contribution in [0.5, 0.6) is 0 Å². The molecular weight excluding hydrogens is 352 g/mol. The van der Waals surface area contributed by atoms with Gasteiger partial charge in [-0.2, -0.15) is 4.98 Å². The molecule has 0 atom stereocenters. The molecule has 2 aromatic rings. The average molecular weight is 370 g/mol. The number of urea groups is 1. The molecule has 27 heavy (non-hydrogen) atoms. The standard InChI is InChI=1S/C17H18N6O4/c24-13-4-7-22(17(26)19-13)8-5-14(25)23-9-11(10-23)16-20-15(21-27-16)12-3-1-2-6-18-12/h1-3,6,11H,4-5,7-10H2,(H,19,24,26). The monoisotopic (exact) mass is 370 g/mol. The van der Waals surface area contributed by atoms with Gasteiger partial charge in [-0.3, -0.25) is 19.9 Å². The topological polar surface area (TPSA) is 122 Å². The molecule has 0 saturated carbocycles. The molecule has 4 heterocycles. The number of amides is 4. The molecule has 2 aliphatic heterocycles. The maximum Gasteiger partial charge on any atom is 0.324 e. The van der Waals surface area contributed by atoms with Gasteiger partial charge in [0.25, 0.3) is 0 Å². The number of rotatable bonds is 5. The normalized spacial score (nSPS) is 17.6. The van der Waals surface area contributed by atoms with Gasteiger partial charge in [0.2, 0.25) is 23.5 Å². The summed E-state index contributed by atoms with van der Waals surface area (Å²) in [6.07, 6.45) is 2.15. The minimum atomic E-state index is -0.437. The molecule has 140 valence electrons. The fourth-order valence-corrected chi connectivity index (χ4v) is 3.04. The van der Waals surface area contributed by atoms with Crippen molar-refractivity contribution in [1.29, 1.82) is 0 Å². The van der Waals surface area contributed by atoms with Gasteiger partial charge in [0.05, 0.1) is 5.92 Å². The molecule has 10 heteroatoms. The number of imide groups is 1. The largest absolute Gasteiger partial charge is 0.341 e. The zero-order valence-electron chi connectivity index (χ0n) is 14.5. The lowest BCUT2D eigenvalue weighted by Gasteiger charge is -2.37. The lowest BCUT2D eigenvalue weighted by atomic mass is 9.99. The first-order chi connectivity index (χ1) is 13.1. The third-order valence-corrected chi connectivity index (χ3v) is 4.66. The number of carbonyl (C=O) groups is 3. The summed E-state index contributed by atoms with van der Waals surface area (Å²) in [5.41, 5.74) is 0.637. The van der Waals surface area contributed by atoms with Crippen molar-refractivity contribution in [3.05, 3.63) is 30.3 Å². The van der Waals surface area contributed by atoms with E-state index in [-0.39, 0.29) is 30.6 Å². The first kappa shape index (κ1) is 17.1. The highest BCUT2D eigenvalue weighted by Gasteiger charge is 2.36. The fourth-order valence-electron chi connectivity index (χ4n) is 3.04. The Morgan fingerprint density at radius 1 is 1.30 bits per heavy atom. The van der Waals surface area contributed by atoms with Crippen LogP contribution in [0.1, 0.15) is 24.7 Å². The number of hydrogen-bond donors (Lipinski definition) is 1. The van der Waals surface area contributed by atoms with Crippen LogP contribution in [0.3, 0.4) is 0 Å². The van der Waals surface area contributed by atoms with Gasteiger partial charge in [-0.1, -0.05) is 11.2 Å². The van der Waals surface area contributed by atoms with E-state index < -0.39 is 6.03 Å². The second-order valence-corrected chi connectivity index (χ2v) is 6.51. The van der Waals surface area contributed by atoms with Crippen molar-refractivity contribution < 1.29 is 18.9 Å². The summed E-state index contributed by atoms with van der Waals surface area (Å²) < 4.78 is 5.30. The molecule has 0 aromatic carbocycles. The van der Waals surface area contributed by atoms with Crippen LogP contribution in [-0.2, 0) is 9.59 Å². The van der Waals surface area contributed by atoms with Crippen molar-refractivity contribution in [3.8, 4) is 11.5 Å². The van der Waals surface area contributed by atoms with Gasteiger partial charge in [-0.05, 0) is 12.1 Å². The van der Waals surface area contributed by atoms with Crippen LogP contribution in [0.2, 0.25) is 0 Å². The lowest BCUT2D eigenvalue weighted by molar-refractivity contribution is -0.136. The number of hydrogen-bond acceptors (Lipinski definition) is 7. The van der Waals surface area contributed by atoms with Gasteiger partial charge in [-0.15, -0.1) is 0 Å². The van der Waals surface area contributed by atoms with E-state index in [1.54, 1.807) is 17.2 Å². The van der Waals surface area contributed by atoms with Crippen LogP contribution in [0.25, 0.3) is 11.5 Å². The molecule has 2 saturated heterocycles. The molecule has 1 N–H and O–H groups in total. The van der Waals surface area contributed by atoms with Crippen LogP contribution in [0.4, 0.5) is 4.79 Å². The van der Waals surface area contributed by atoms with Crippen molar-refractivity contribution in [3.63, 3.8) is 0 Å². The van der Waals surface area contributed by atoms with Crippen molar-refractivity contribution in [1.82, 2.24) is 30.2 Å². The fraction of sp³-hybridized carbons (Fsp3) is 0.412. The quantitative estimate of drug-likeness (QED) is 0.808. The van der Waals surface area contributed by atoms with E-state index in [1.807, 2.05) is 12.1 Å². The van der Waals surface area contributed by atoms with E-state index in [1.165, 1.54) is 4.90 Å². The average Bonchev–Trinajstić information content (AvgIpc) is 3.10. The number of nitrogens with zero attached hydrogens (tertiary/aromatic N) is 5. The third-order valence-electron chi connectivity index (χ3n) is 4.66. The van der Waals surface area contributed by atoms with E-state index in [9.17, 15) is 14.4 Å². The van der Waals surface area contributed by atoms with Gasteiger partial charge < -0.3 is 14.3 Å². The highest BCUT2D eigenvalue weighted by molar-refractivity contribution is 5.96. The summed E-state index contributed by atoms with van der Waals surface area (Å²) in [5, 5.41) is 6.19. The van der Waals surface area contributed by atoms with Crippen molar-refractivity contribution in [2.45, 2.75) is 18.8 Å². The summed E-state index contributed by atoms with van der Waals surface area (Å²) in [4.78, 5) is 46.8. The van der Waals surface area contributed by atoms with Gasteiger partial charge in [0.1, 0.15) is 5.69 Å². The minimum absolute atomic E-state index is 0.00909. The highest BCUT2D eigenvalue weighted by atomic mass is 16.5. The van der Waals surface area contributed by atoms with Gasteiger partial charge >= 0.3 is 6.03 Å². The molecule has 4 amide bonds. The predicted octanol–water partition coefficient (Wildman–Crippen LogP) is 0.389. The molecule has 0 unspecified atom stereocenters. The van der Waals surface area contributed by atoms with Crippen LogP contribution < -0.4 is 5.32 Å². The van der Waals surface area contributed by atoms with Crippen LogP contribution in [0.15, 0.2) is 28.9 Å². The molecule has 2 fully saturated rings. The third kappa shape index (κ3) is 3.64. The minimum Gasteiger partial charge on any atom is -0.341 e. The molecular formula is C17H18N6O4. The Kier molecular flexibility index (Phi) is 4.53. The molecule has 0 aliphatic carbocycles. The van der Waals surface area contributed by atoms with E-state index >= 15 is 0 Å². The Morgan fingerprint density at radius 3 is 2.89 bits per heavy atom. The highest BCUT2D eigenvalue weighted by Crippen LogP contribution is 2.27. The molecule has 0 radical (unpaired) electrons. The van der Waals surface area contributed by atoms with Crippen LogP contribution >= 0.6 is 0 Å². The summed E-state index contributed by atoms with van der Waals surface area (Å²) in [5.74, 6) is 0.614. The molecule has 0 spiro atoms. The second-order valence-electron chi connectivity index (χ2n) is 6.51. The van der Waals surface area contributed by atoms with Crippen molar-refractivity contribution in [2.24, 2.45) is 0 Å². The Labute approximate surface area is 154 Å². The van der Waals surface area contributed by atoms with Crippen LogP contribution in [-0.4, -0.2) is 68.9 Å². The van der Waals surface area contributed by atoms with E-state index in [0.717, 1.165) is 0 Å². The Balaban J connectivity index is 1.26. The summed E-state index contributed by atoms with van der Waals surface area (Å²) in [6, 6.07) is 5.02. The SMILES string of the molecule is O=C1CCN(CCC(=O)N2CC(c3nc(-c4ccccn4)no3)C2)C(=O)N1. The van der Waals surface area contributed by atoms with Gasteiger partial charge in [0.15, 0.2) is 0 Å². The summed E-state index contributed by atoms with van der Waals surface area (Å²) in [7, 11) is 0. The van der Waals surface area contributed by atoms with E-state index in [0.29, 0.717) is 43.6 Å². The number of nitrogens with one attached hydrogen (secondary N) is 1. The Morgan fingerprint density at radius 2 is 2.15 bits per heavy atom. The zero-order chi connectivity index (χ0) is 18.8. The van der Waals surface area contributed by atoms with Crippen molar-refractivity contribution >= 4 is 17.8 Å². The van der Waals surface area contributed by atoms with Gasteiger partial charge in [-0.25, -0.2) is 4.79 Å². The number of carbonyl (C=O) groups excluding carboxylic acids is 3. The molecule has 2 aromatic heterocycles. The zero-order valence-corrected chi connectivity index (χ0v) is 14.5. The molecule has 4 rings (SSSR count). The first-order valence-corrected chi connectivity index (χ1v) is 8.71. The number of likely N-dealkylation sites (tertiary alicyclic amines) is 1. The summed E-state index contributed by atoms with van der Waals surface area (Å²) >= 11 is 0. The predicted molar refractivity (Wildman–Crippen MR) is 91.2 cm³/mol. The summed E-state index contributed by atoms with van der Waals surface area (Å²) in [6.45, 7) is 1.66. The Bertz CT molecular complexity index is 861. The maximum absolute atomic E-state index is 12.3. The van der Waals surface area contributed by atoms with Crippen LogP contribution in [0, 0.1) is 0 Å². The molecule has 10 nitrogen and oxygen atoms in total. The smallest absolute Gasteiger partial charge is 0.324 e. The molecule has 2 aliphatic rings.